The number of thioether (sulfide) groups is 1. The second kappa shape index (κ2) is 11.4. The Morgan fingerprint density at radius 2 is 1.77 bits per heavy atom. The second-order valence-electron chi connectivity index (χ2n) is 6.36. The van der Waals surface area contributed by atoms with E-state index in [2.05, 4.69) is 10.0 Å². The first-order valence-corrected chi connectivity index (χ1v) is 10.6. The summed E-state index contributed by atoms with van der Waals surface area (Å²) in [6, 6.07) is 3.78. The van der Waals surface area contributed by atoms with Crippen molar-refractivity contribution in [3.63, 3.8) is 0 Å². The van der Waals surface area contributed by atoms with Gasteiger partial charge in [-0.25, -0.2) is 0 Å². The first-order chi connectivity index (χ1) is 14.6. The van der Waals surface area contributed by atoms with Gasteiger partial charge in [0, 0.05) is 30.6 Å². The standard InChI is InChI=1S/C18H19Cl2N3O7S/c1-8(24)27-7-12-16(28-9(2)25)15(22-23-21)17(29-10(3)26)18(30-12)31-13-6-4-5-11(19)14(13)20/h4-6,12,15-18H,7H2,1-3H3/t12?,15-,16-,17?,18+/m0/s1. The molecule has 2 unspecified atom stereocenters. The molecule has 13 heteroatoms. The van der Waals surface area contributed by atoms with Gasteiger partial charge in [0.2, 0.25) is 0 Å². The number of rotatable bonds is 7. The van der Waals surface area contributed by atoms with Crippen molar-refractivity contribution in [3.05, 3.63) is 38.7 Å². The average molecular weight is 492 g/mol. The van der Waals surface area contributed by atoms with Gasteiger partial charge in [0.25, 0.3) is 0 Å². The van der Waals surface area contributed by atoms with Crippen LogP contribution in [0.2, 0.25) is 10.0 Å². The lowest BCUT2D eigenvalue weighted by molar-refractivity contribution is -0.201. The Morgan fingerprint density at radius 1 is 1.13 bits per heavy atom. The van der Waals surface area contributed by atoms with Crippen LogP contribution in [-0.2, 0) is 33.3 Å². The highest BCUT2D eigenvalue weighted by atomic mass is 35.5. The normalized spacial score (nSPS) is 25.1. The van der Waals surface area contributed by atoms with Gasteiger partial charge in [0.15, 0.2) is 0 Å². The molecule has 1 fully saturated rings. The maximum absolute atomic E-state index is 11.8. The van der Waals surface area contributed by atoms with E-state index in [4.69, 9.17) is 47.7 Å². The van der Waals surface area contributed by atoms with Crippen molar-refractivity contribution in [2.75, 3.05) is 6.61 Å². The van der Waals surface area contributed by atoms with Crippen molar-refractivity contribution in [1.82, 2.24) is 0 Å². The fourth-order valence-corrected chi connectivity index (χ4v) is 4.53. The van der Waals surface area contributed by atoms with Crippen LogP contribution in [0.4, 0.5) is 0 Å². The van der Waals surface area contributed by atoms with Gasteiger partial charge in [-0.15, -0.1) is 0 Å². The lowest BCUT2D eigenvalue weighted by Gasteiger charge is -2.43. The predicted molar refractivity (Wildman–Crippen MR) is 112 cm³/mol. The Balaban J connectivity index is 2.47. The highest BCUT2D eigenvalue weighted by molar-refractivity contribution is 8.00. The topological polar surface area (TPSA) is 137 Å². The molecule has 0 amide bonds. The number of esters is 3. The lowest BCUT2D eigenvalue weighted by atomic mass is 9.97. The Bertz CT molecular complexity index is 897. The van der Waals surface area contributed by atoms with Gasteiger partial charge in [0.05, 0.1) is 10.0 Å². The van der Waals surface area contributed by atoms with Crippen LogP contribution >= 0.6 is 35.0 Å². The van der Waals surface area contributed by atoms with Crippen molar-refractivity contribution in [2.24, 2.45) is 5.11 Å². The Hall–Kier alpha value is -2.17. The zero-order valence-corrected chi connectivity index (χ0v) is 19.0. The molecule has 1 saturated heterocycles. The minimum Gasteiger partial charge on any atom is -0.463 e. The summed E-state index contributed by atoms with van der Waals surface area (Å²) >= 11 is 13.4. The fourth-order valence-electron chi connectivity index (χ4n) is 2.87. The van der Waals surface area contributed by atoms with Crippen LogP contribution < -0.4 is 0 Å². The zero-order valence-electron chi connectivity index (χ0n) is 16.7. The maximum Gasteiger partial charge on any atom is 0.303 e. The van der Waals surface area contributed by atoms with E-state index in [0.29, 0.717) is 9.92 Å². The van der Waals surface area contributed by atoms with E-state index in [9.17, 15) is 14.4 Å². The maximum atomic E-state index is 11.8. The zero-order chi connectivity index (χ0) is 23.1. The molecule has 0 radical (unpaired) electrons. The number of carbonyl (C=O) groups is 3. The second-order valence-corrected chi connectivity index (χ2v) is 8.28. The summed E-state index contributed by atoms with van der Waals surface area (Å²) in [6.45, 7) is 3.24. The summed E-state index contributed by atoms with van der Waals surface area (Å²) in [4.78, 5) is 38.0. The van der Waals surface area contributed by atoms with Crippen molar-refractivity contribution < 1.29 is 33.3 Å². The molecule has 0 N–H and O–H groups in total. The lowest BCUT2D eigenvalue weighted by Crippen LogP contribution is -2.59. The predicted octanol–water partition coefficient (Wildman–Crippen LogP) is 3.92. The molecule has 0 saturated carbocycles. The van der Waals surface area contributed by atoms with E-state index >= 15 is 0 Å². The molecule has 1 aromatic rings. The summed E-state index contributed by atoms with van der Waals surface area (Å²) in [6.07, 6.45) is -3.33. The molecule has 31 heavy (non-hydrogen) atoms. The average Bonchev–Trinajstić information content (AvgIpc) is 2.67. The van der Waals surface area contributed by atoms with Gasteiger partial charge in [-0.2, -0.15) is 0 Å². The Kier molecular flexibility index (Phi) is 9.27. The van der Waals surface area contributed by atoms with Crippen molar-refractivity contribution in [3.8, 4) is 0 Å². The van der Waals surface area contributed by atoms with E-state index in [0.717, 1.165) is 18.7 Å². The van der Waals surface area contributed by atoms with Crippen LogP contribution in [0.15, 0.2) is 28.2 Å². The van der Waals surface area contributed by atoms with Crippen molar-refractivity contribution >= 4 is 52.9 Å². The van der Waals surface area contributed by atoms with Crippen LogP contribution in [0.1, 0.15) is 20.8 Å². The van der Waals surface area contributed by atoms with Crippen LogP contribution in [0, 0.1) is 0 Å². The molecule has 1 heterocycles. The van der Waals surface area contributed by atoms with Crippen LogP contribution in [0.3, 0.4) is 0 Å². The van der Waals surface area contributed by atoms with Crippen molar-refractivity contribution in [2.45, 2.75) is 55.5 Å². The first-order valence-electron chi connectivity index (χ1n) is 8.92. The van der Waals surface area contributed by atoms with Crippen LogP contribution in [0.5, 0.6) is 0 Å². The molecule has 10 nitrogen and oxygen atoms in total. The molecular formula is C18H19Cl2N3O7S. The summed E-state index contributed by atoms with van der Waals surface area (Å²) in [5, 5.41) is 4.24. The van der Waals surface area contributed by atoms with E-state index in [1.807, 2.05) is 0 Å². The van der Waals surface area contributed by atoms with Gasteiger partial charge in [0.1, 0.15) is 36.4 Å². The molecule has 5 atom stereocenters. The Labute approximate surface area is 192 Å². The van der Waals surface area contributed by atoms with Gasteiger partial charge < -0.3 is 18.9 Å². The third-order valence-corrected chi connectivity index (χ3v) is 6.15. The Morgan fingerprint density at radius 3 is 2.35 bits per heavy atom. The van der Waals surface area contributed by atoms with E-state index in [1.165, 1.54) is 13.8 Å². The molecule has 0 bridgehead atoms. The quantitative estimate of drug-likeness (QED) is 0.184. The molecule has 168 valence electrons. The number of halogens is 2. The molecule has 1 aromatic carbocycles. The summed E-state index contributed by atoms with van der Waals surface area (Å²) in [7, 11) is 0. The molecule has 0 spiro atoms. The van der Waals surface area contributed by atoms with Crippen LogP contribution in [0.25, 0.3) is 10.4 Å². The third kappa shape index (κ3) is 6.91. The molecule has 0 aromatic heterocycles. The highest BCUT2D eigenvalue weighted by Crippen LogP contribution is 2.41. The fraction of sp³-hybridized carbons (Fsp3) is 0.500. The molecule has 0 aliphatic carbocycles. The van der Waals surface area contributed by atoms with E-state index in [1.54, 1.807) is 18.2 Å². The van der Waals surface area contributed by atoms with Crippen LogP contribution in [-0.4, -0.2) is 54.3 Å². The number of hydrogen-bond donors (Lipinski definition) is 0. The molecule has 1 aliphatic heterocycles. The molecule has 1 aliphatic rings. The SMILES string of the molecule is CC(=O)OCC1O[C@H](Sc2cccc(Cl)c2Cl)C(OC(C)=O)[C@@H](N=[N+]=[N-])[C@H]1OC(C)=O. The summed E-state index contributed by atoms with van der Waals surface area (Å²) < 4.78 is 21.7. The number of hydrogen-bond acceptors (Lipinski definition) is 9. The number of carbonyl (C=O) groups excluding carboxylic acids is 3. The van der Waals surface area contributed by atoms with Gasteiger partial charge in [-0.05, 0) is 17.7 Å². The molecule has 2 rings (SSSR count). The number of nitrogens with zero attached hydrogens (tertiary/aromatic N) is 3. The highest BCUT2D eigenvalue weighted by Gasteiger charge is 2.50. The van der Waals surface area contributed by atoms with Gasteiger partial charge in [-0.1, -0.05) is 46.1 Å². The number of ether oxygens (including phenoxy) is 4. The smallest absolute Gasteiger partial charge is 0.303 e. The minimum atomic E-state index is -1.18. The monoisotopic (exact) mass is 491 g/mol. The summed E-state index contributed by atoms with van der Waals surface area (Å²) in [5.41, 5.74) is 8.13. The van der Waals surface area contributed by atoms with Crippen molar-refractivity contribution in [1.29, 1.82) is 0 Å². The number of benzene rings is 1. The number of azide groups is 1. The van der Waals surface area contributed by atoms with Gasteiger partial charge in [-0.3, -0.25) is 14.4 Å². The van der Waals surface area contributed by atoms with E-state index in [-0.39, 0.29) is 11.6 Å². The minimum absolute atomic E-state index is 0.248. The summed E-state index contributed by atoms with van der Waals surface area (Å²) in [5.74, 6) is -1.95. The third-order valence-electron chi connectivity index (χ3n) is 4.02. The van der Waals surface area contributed by atoms with Gasteiger partial charge >= 0.3 is 17.9 Å². The van der Waals surface area contributed by atoms with E-state index < -0.39 is 47.7 Å². The molecular weight excluding hydrogens is 473 g/mol. The largest absolute Gasteiger partial charge is 0.463 e. The first kappa shape index (κ1) is 25.1.